The molecule has 0 heterocycles. The Bertz CT molecular complexity index is 644. The molecular weight excluding hydrogens is 312 g/mol. The maximum absolute atomic E-state index is 12.3. The van der Waals surface area contributed by atoms with E-state index < -0.39 is 10.0 Å². The van der Waals surface area contributed by atoms with Crippen molar-refractivity contribution in [1.29, 1.82) is 0 Å². The lowest BCUT2D eigenvalue weighted by atomic mass is 9.95. The first-order valence-corrected chi connectivity index (χ1v) is 9.96. The summed E-state index contributed by atoms with van der Waals surface area (Å²) in [4.78, 5) is 12.3. The summed E-state index contributed by atoms with van der Waals surface area (Å²) in [5.41, 5.74) is 2.49. The van der Waals surface area contributed by atoms with Gasteiger partial charge < -0.3 is 5.32 Å². The van der Waals surface area contributed by atoms with Crippen LogP contribution in [0, 0.1) is 13.8 Å². The number of carbonyl (C=O) groups is 1. The van der Waals surface area contributed by atoms with Gasteiger partial charge in [0, 0.05) is 6.04 Å². The van der Waals surface area contributed by atoms with Crippen molar-refractivity contribution in [3.05, 3.63) is 29.3 Å². The summed E-state index contributed by atoms with van der Waals surface area (Å²) < 4.78 is 25.4. The molecule has 1 aliphatic rings. The Morgan fingerprint density at radius 2 is 1.70 bits per heavy atom. The van der Waals surface area contributed by atoms with Crippen LogP contribution in [0.25, 0.3) is 0 Å². The predicted molar refractivity (Wildman–Crippen MR) is 93.1 cm³/mol. The molecule has 0 radical (unpaired) electrons. The topological polar surface area (TPSA) is 66.5 Å². The third-order valence-electron chi connectivity index (χ3n) is 4.15. The Kier molecular flexibility index (Phi) is 5.68. The molecule has 1 fully saturated rings. The lowest BCUT2D eigenvalue weighted by Gasteiger charge is -2.26. The molecule has 1 aromatic carbocycles. The zero-order valence-corrected chi connectivity index (χ0v) is 14.9. The fraction of sp³-hybridized carbons (Fsp3) is 0.588. The number of carbonyl (C=O) groups excluding carboxylic acids is 1. The van der Waals surface area contributed by atoms with E-state index in [9.17, 15) is 13.2 Å². The van der Waals surface area contributed by atoms with Gasteiger partial charge in [-0.15, -0.1) is 0 Å². The van der Waals surface area contributed by atoms with Crippen LogP contribution < -0.4 is 9.62 Å². The van der Waals surface area contributed by atoms with Crippen molar-refractivity contribution >= 4 is 21.6 Å². The Labute approximate surface area is 139 Å². The average Bonchev–Trinajstić information content (AvgIpc) is 2.43. The molecule has 5 nitrogen and oxygen atoms in total. The second-order valence-corrected chi connectivity index (χ2v) is 8.42. The van der Waals surface area contributed by atoms with Gasteiger partial charge in [0.15, 0.2) is 0 Å². The van der Waals surface area contributed by atoms with Crippen LogP contribution in [0.1, 0.15) is 43.2 Å². The number of hydrogen-bond donors (Lipinski definition) is 1. The average molecular weight is 338 g/mol. The molecule has 0 unspecified atom stereocenters. The molecule has 6 heteroatoms. The molecule has 2 rings (SSSR count). The Hall–Kier alpha value is -1.56. The molecule has 1 amide bonds. The molecule has 1 aliphatic carbocycles. The second-order valence-electron chi connectivity index (χ2n) is 6.52. The van der Waals surface area contributed by atoms with Gasteiger partial charge in [-0.1, -0.05) is 25.3 Å². The highest BCUT2D eigenvalue weighted by molar-refractivity contribution is 7.92. The molecular formula is C17H26N2O3S. The fourth-order valence-corrected chi connectivity index (χ4v) is 3.99. The van der Waals surface area contributed by atoms with Crippen LogP contribution in [0.15, 0.2) is 18.2 Å². The normalized spacial score (nSPS) is 16.1. The monoisotopic (exact) mass is 338 g/mol. The van der Waals surface area contributed by atoms with E-state index in [1.807, 2.05) is 19.9 Å². The number of nitrogens with zero attached hydrogens (tertiary/aromatic N) is 1. The van der Waals surface area contributed by atoms with Gasteiger partial charge in [0.25, 0.3) is 0 Å². The van der Waals surface area contributed by atoms with Crippen LogP contribution in [-0.4, -0.2) is 33.2 Å². The summed E-state index contributed by atoms with van der Waals surface area (Å²) in [7, 11) is -3.51. The molecule has 23 heavy (non-hydrogen) atoms. The minimum absolute atomic E-state index is 0.168. The van der Waals surface area contributed by atoms with E-state index in [0.717, 1.165) is 43.1 Å². The number of amides is 1. The van der Waals surface area contributed by atoms with Gasteiger partial charge in [0.05, 0.1) is 11.9 Å². The van der Waals surface area contributed by atoms with E-state index in [4.69, 9.17) is 0 Å². The number of anilines is 1. The van der Waals surface area contributed by atoms with Crippen molar-refractivity contribution in [2.24, 2.45) is 0 Å². The van der Waals surface area contributed by atoms with E-state index >= 15 is 0 Å². The summed E-state index contributed by atoms with van der Waals surface area (Å²) in [6, 6.07) is 5.74. The van der Waals surface area contributed by atoms with Gasteiger partial charge >= 0.3 is 0 Å². The highest BCUT2D eigenvalue weighted by Crippen LogP contribution is 2.21. The standard InChI is InChI=1S/C17H26N2O3S/c1-13-9-14(2)11-16(10-13)19(23(3,21)22)12-17(20)18-15-7-5-4-6-8-15/h9-11,15H,4-8,12H2,1-3H3,(H,18,20). The van der Waals surface area contributed by atoms with E-state index in [2.05, 4.69) is 5.32 Å². The summed E-state index contributed by atoms with van der Waals surface area (Å²) >= 11 is 0. The first kappa shape index (κ1) is 17.8. The third kappa shape index (κ3) is 5.23. The highest BCUT2D eigenvalue weighted by Gasteiger charge is 2.23. The van der Waals surface area contributed by atoms with Gasteiger partial charge in [0.2, 0.25) is 15.9 Å². The van der Waals surface area contributed by atoms with Crippen molar-refractivity contribution in [3.63, 3.8) is 0 Å². The number of aryl methyl sites for hydroxylation is 2. The van der Waals surface area contributed by atoms with Crippen molar-refractivity contribution in [3.8, 4) is 0 Å². The van der Waals surface area contributed by atoms with Crippen molar-refractivity contribution in [1.82, 2.24) is 5.32 Å². The zero-order chi connectivity index (χ0) is 17.0. The number of sulfonamides is 1. The molecule has 0 atom stereocenters. The van der Waals surface area contributed by atoms with Crippen LogP contribution in [0.5, 0.6) is 0 Å². The molecule has 1 aromatic rings. The van der Waals surface area contributed by atoms with E-state index in [-0.39, 0.29) is 18.5 Å². The largest absolute Gasteiger partial charge is 0.352 e. The first-order valence-electron chi connectivity index (χ1n) is 8.11. The molecule has 0 aromatic heterocycles. The number of nitrogens with one attached hydrogen (secondary N) is 1. The van der Waals surface area contributed by atoms with Crippen molar-refractivity contribution in [2.45, 2.75) is 52.0 Å². The van der Waals surface area contributed by atoms with Crippen molar-refractivity contribution in [2.75, 3.05) is 17.1 Å². The Morgan fingerprint density at radius 3 is 2.22 bits per heavy atom. The van der Waals surface area contributed by atoms with E-state index in [1.165, 1.54) is 10.7 Å². The Balaban J connectivity index is 2.14. The molecule has 0 bridgehead atoms. The number of benzene rings is 1. The van der Waals surface area contributed by atoms with Gasteiger partial charge in [-0.3, -0.25) is 9.10 Å². The summed E-state index contributed by atoms with van der Waals surface area (Å²) in [5, 5.41) is 2.98. The van der Waals surface area contributed by atoms with Crippen LogP contribution in [-0.2, 0) is 14.8 Å². The Morgan fingerprint density at radius 1 is 1.13 bits per heavy atom. The lowest BCUT2D eigenvalue weighted by molar-refractivity contribution is -0.120. The molecule has 0 spiro atoms. The van der Waals surface area contributed by atoms with Crippen molar-refractivity contribution < 1.29 is 13.2 Å². The summed E-state index contributed by atoms with van der Waals surface area (Å²) in [6.45, 7) is 3.66. The fourth-order valence-electron chi connectivity index (χ4n) is 3.15. The van der Waals surface area contributed by atoms with Crippen LogP contribution >= 0.6 is 0 Å². The molecule has 1 N–H and O–H groups in total. The zero-order valence-electron chi connectivity index (χ0n) is 14.1. The van der Waals surface area contributed by atoms with Gasteiger partial charge in [-0.05, 0) is 49.9 Å². The minimum Gasteiger partial charge on any atom is -0.352 e. The van der Waals surface area contributed by atoms with Gasteiger partial charge in [-0.2, -0.15) is 0 Å². The van der Waals surface area contributed by atoms with E-state index in [1.54, 1.807) is 12.1 Å². The number of hydrogen-bond acceptors (Lipinski definition) is 3. The van der Waals surface area contributed by atoms with E-state index in [0.29, 0.717) is 5.69 Å². The predicted octanol–water partition coefficient (Wildman–Crippen LogP) is 2.52. The smallest absolute Gasteiger partial charge is 0.240 e. The lowest BCUT2D eigenvalue weighted by Crippen LogP contribution is -2.44. The quantitative estimate of drug-likeness (QED) is 0.897. The van der Waals surface area contributed by atoms with Gasteiger partial charge in [-0.25, -0.2) is 8.42 Å². The molecule has 128 valence electrons. The SMILES string of the molecule is Cc1cc(C)cc(N(CC(=O)NC2CCCCC2)S(C)(=O)=O)c1. The first-order chi connectivity index (χ1) is 10.8. The van der Waals surface area contributed by atoms with Gasteiger partial charge in [0.1, 0.15) is 6.54 Å². The van der Waals surface area contributed by atoms with Crippen LogP contribution in [0.3, 0.4) is 0 Å². The maximum Gasteiger partial charge on any atom is 0.240 e. The molecule has 1 saturated carbocycles. The maximum atomic E-state index is 12.3. The molecule has 0 aliphatic heterocycles. The minimum atomic E-state index is -3.51. The third-order valence-corrected chi connectivity index (χ3v) is 5.29. The number of rotatable bonds is 5. The second kappa shape index (κ2) is 7.34. The van der Waals surface area contributed by atoms with Crippen LogP contribution in [0.4, 0.5) is 5.69 Å². The molecule has 0 saturated heterocycles. The highest BCUT2D eigenvalue weighted by atomic mass is 32.2. The summed E-state index contributed by atoms with van der Waals surface area (Å²) in [6.07, 6.45) is 6.56. The summed E-state index contributed by atoms with van der Waals surface area (Å²) in [5.74, 6) is -0.235. The van der Waals surface area contributed by atoms with Crippen LogP contribution in [0.2, 0.25) is 0 Å².